The second kappa shape index (κ2) is 10.8. The Balaban J connectivity index is 1.54. The molecule has 2 atom stereocenters. The molecule has 0 bridgehead atoms. The van der Waals surface area contributed by atoms with Gasteiger partial charge in [0.05, 0.1) is 6.10 Å². The normalized spacial score (nSPS) is 15.4. The Bertz CT molecular complexity index is 983. The van der Waals surface area contributed by atoms with Crippen LogP contribution in [0.2, 0.25) is 0 Å². The second-order valence-corrected chi connectivity index (χ2v) is 7.93. The number of nitrogens with zero attached hydrogens (tertiary/aromatic N) is 2. The van der Waals surface area contributed by atoms with Gasteiger partial charge < -0.3 is 25.3 Å². The van der Waals surface area contributed by atoms with Crippen LogP contribution in [0.4, 0.5) is 10.5 Å². The van der Waals surface area contributed by atoms with E-state index in [0.29, 0.717) is 26.2 Å². The van der Waals surface area contributed by atoms with Crippen LogP contribution in [0.25, 0.3) is 0 Å². The number of urea groups is 1. The van der Waals surface area contributed by atoms with E-state index in [0.717, 1.165) is 16.8 Å². The molecule has 1 aliphatic heterocycles. The van der Waals surface area contributed by atoms with Crippen molar-refractivity contribution >= 4 is 17.5 Å². The Morgan fingerprint density at radius 3 is 2.00 bits per heavy atom. The lowest BCUT2D eigenvalue weighted by Crippen LogP contribution is -2.57. The van der Waals surface area contributed by atoms with Gasteiger partial charge >= 0.3 is 6.03 Å². The van der Waals surface area contributed by atoms with Gasteiger partial charge in [0.1, 0.15) is 12.6 Å². The van der Waals surface area contributed by atoms with Crippen molar-refractivity contribution in [3.8, 4) is 11.8 Å². The molecule has 32 heavy (non-hydrogen) atoms. The van der Waals surface area contributed by atoms with Gasteiger partial charge in [-0.2, -0.15) is 0 Å². The minimum Gasteiger partial charge on any atom is -0.391 e. The third-order valence-corrected chi connectivity index (χ3v) is 5.47. The summed E-state index contributed by atoms with van der Waals surface area (Å²) in [6.07, 6.45) is -1.08. The average molecular weight is 436 g/mol. The Morgan fingerprint density at radius 1 is 0.969 bits per heavy atom. The summed E-state index contributed by atoms with van der Waals surface area (Å²) in [5.41, 5.74) is 4.18. The summed E-state index contributed by atoms with van der Waals surface area (Å²) >= 11 is 0. The minimum atomic E-state index is -1.11. The number of Topliss-reactive ketones (excluding diaryl/α,β-unsaturated/α-hetero) is 1. The van der Waals surface area contributed by atoms with E-state index in [1.807, 2.05) is 55.5 Å². The number of aliphatic hydroxyl groups excluding tert-OH is 2. The van der Waals surface area contributed by atoms with Crippen molar-refractivity contribution in [3.05, 3.63) is 65.2 Å². The smallest absolute Gasteiger partial charge is 0.318 e. The van der Waals surface area contributed by atoms with E-state index < -0.39 is 30.6 Å². The van der Waals surface area contributed by atoms with Crippen LogP contribution in [0.5, 0.6) is 0 Å². The minimum absolute atomic E-state index is 0.418. The molecule has 0 saturated carbocycles. The zero-order chi connectivity index (χ0) is 23.1. The van der Waals surface area contributed by atoms with Crippen molar-refractivity contribution in [1.29, 1.82) is 0 Å². The number of carbonyl (C=O) groups excluding carboxylic acids is 2. The Kier molecular flexibility index (Phi) is 7.87. The molecule has 3 rings (SSSR count). The number of piperazine rings is 1. The van der Waals surface area contributed by atoms with E-state index in [-0.39, 0.29) is 0 Å². The summed E-state index contributed by atoms with van der Waals surface area (Å²) < 4.78 is 0. The Labute approximate surface area is 188 Å². The Hall–Kier alpha value is -3.34. The van der Waals surface area contributed by atoms with Crippen LogP contribution < -0.4 is 10.2 Å². The fourth-order valence-corrected chi connectivity index (χ4v) is 3.50. The molecule has 2 aromatic carbocycles. The van der Waals surface area contributed by atoms with Gasteiger partial charge in [0.15, 0.2) is 5.78 Å². The second-order valence-electron chi connectivity index (χ2n) is 7.93. The summed E-state index contributed by atoms with van der Waals surface area (Å²) in [4.78, 5) is 28.0. The molecule has 2 amide bonds. The number of amides is 2. The maximum absolute atomic E-state index is 12.5. The van der Waals surface area contributed by atoms with E-state index in [2.05, 4.69) is 22.1 Å². The molecular weight excluding hydrogens is 406 g/mol. The van der Waals surface area contributed by atoms with Crippen molar-refractivity contribution < 1.29 is 19.8 Å². The molecule has 1 saturated heterocycles. The first-order valence-corrected chi connectivity index (χ1v) is 10.7. The van der Waals surface area contributed by atoms with Crippen molar-refractivity contribution in [2.45, 2.75) is 26.0 Å². The van der Waals surface area contributed by atoms with Gasteiger partial charge in [0, 0.05) is 43.0 Å². The number of hydrogen-bond donors (Lipinski definition) is 3. The monoisotopic (exact) mass is 435 g/mol. The van der Waals surface area contributed by atoms with Gasteiger partial charge in [0.25, 0.3) is 0 Å². The van der Waals surface area contributed by atoms with Gasteiger partial charge in [0.2, 0.25) is 0 Å². The van der Waals surface area contributed by atoms with E-state index in [1.54, 1.807) is 4.90 Å². The predicted octanol–water partition coefficient (Wildman–Crippen LogP) is 1.54. The first kappa shape index (κ1) is 23.3. The topological polar surface area (TPSA) is 93.1 Å². The first-order chi connectivity index (χ1) is 15.4. The van der Waals surface area contributed by atoms with E-state index >= 15 is 0 Å². The molecule has 0 unspecified atom stereocenters. The molecule has 0 aliphatic carbocycles. The number of anilines is 1. The van der Waals surface area contributed by atoms with Gasteiger partial charge in [-0.15, -0.1) is 0 Å². The summed E-state index contributed by atoms with van der Waals surface area (Å²) in [5, 5.41) is 21.2. The van der Waals surface area contributed by atoms with Crippen molar-refractivity contribution in [3.63, 3.8) is 0 Å². The molecule has 0 radical (unpaired) electrons. The zero-order valence-corrected chi connectivity index (χ0v) is 18.4. The Morgan fingerprint density at radius 2 is 1.50 bits per heavy atom. The summed E-state index contributed by atoms with van der Waals surface area (Å²) in [6, 6.07) is 14.6. The summed E-state index contributed by atoms with van der Waals surface area (Å²) in [7, 11) is 0. The number of hydrogen-bond acceptors (Lipinski definition) is 5. The number of carbonyl (C=O) groups is 2. The lowest BCUT2D eigenvalue weighted by molar-refractivity contribution is -0.125. The molecular formula is C25H29N3O4. The third kappa shape index (κ3) is 6.10. The molecule has 3 N–H and O–H groups in total. The van der Waals surface area contributed by atoms with Crippen LogP contribution in [-0.2, 0) is 4.79 Å². The fraction of sp³-hybridized carbons (Fsp3) is 0.360. The van der Waals surface area contributed by atoms with Crippen LogP contribution in [0.3, 0.4) is 0 Å². The van der Waals surface area contributed by atoms with E-state index in [1.165, 1.54) is 12.5 Å². The molecule has 7 heteroatoms. The molecule has 168 valence electrons. The highest BCUT2D eigenvalue weighted by molar-refractivity contribution is 5.89. The van der Waals surface area contributed by atoms with Gasteiger partial charge in [-0.3, -0.25) is 4.79 Å². The highest BCUT2D eigenvalue weighted by Crippen LogP contribution is 2.17. The number of aliphatic hydroxyl groups is 2. The maximum atomic E-state index is 12.5. The number of rotatable bonds is 5. The number of nitrogens with one attached hydrogen (secondary N) is 1. The van der Waals surface area contributed by atoms with Gasteiger partial charge in [-0.05, 0) is 50.2 Å². The van der Waals surface area contributed by atoms with Crippen LogP contribution in [0.1, 0.15) is 23.6 Å². The maximum Gasteiger partial charge on any atom is 0.318 e. The van der Waals surface area contributed by atoms with Crippen LogP contribution in [-0.4, -0.2) is 71.9 Å². The molecule has 0 spiro atoms. The quantitative estimate of drug-likeness (QED) is 0.620. The molecule has 1 fully saturated rings. The van der Waals surface area contributed by atoms with E-state index in [4.69, 9.17) is 5.11 Å². The molecule has 7 nitrogen and oxygen atoms in total. The fourth-order valence-electron chi connectivity index (χ4n) is 3.50. The van der Waals surface area contributed by atoms with Crippen molar-refractivity contribution in [1.82, 2.24) is 10.2 Å². The molecule has 1 aliphatic rings. The van der Waals surface area contributed by atoms with Gasteiger partial charge in [-0.25, -0.2) is 4.79 Å². The van der Waals surface area contributed by atoms with Crippen molar-refractivity contribution in [2.24, 2.45) is 0 Å². The van der Waals surface area contributed by atoms with Crippen molar-refractivity contribution in [2.75, 3.05) is 37.7 Å². The number of benzene rings is 2. The third-order valence-electron chi connectivity index (χ3n) is 5.47. The lowest BCUT2D eigenvalue weighted by atomic mass is 10.1. The van der Waals surface area contributed by atoms with Crippen LogP contribution in [0.15, 0.2) is 48.5 Å². The molecule has 0 aromatic heterocycles. The average Bonchev–Trinajstić information content (AvgIpc) is 2.82. The van der Waals surface area contributed by atoms with E-state index in [9.17, 15) is 14.7 Å². The predicted molar refractivity (Wildman–Crippen MR) is 123 cm³/mol. The highest BCUT2D eigenvalue weighted by Gasteiger charge is 2.28. The summed E-state index contributed by atoms with van der Waals surface area (Å²) in [6.45, 7) is 5.00. The lowest BCUT2D eigenvalue weighted by Gasteiger charge is -2.36. The highest BCUT2D eigenvalue weighted by atomic mass is 16.3. The number of aryl methyl sites for hydroxylation is 1. The van der Waals surface area contributed by atoms with Crippen LogP contribution in [0, 0.1) is 18.8 Å². The summed E-state index contributed by atoms with van der Waals surface area (Å²) in [5.74, 6) is 5.73. The molecule has 2 aromatic rings. The standard InChI is InChI=1S/C25H29N3O4/c1-18-3-5-20(6-4-18)7-8-21-9-11-22(12-10-21)27-13-15-28(16-14-27)25(32)26-24(19(2)30)23(31)17-29/h3-6,9-12,19,24,29-30H,13-17H2,1-2H3,(H,26,32)/t19-,24+/m1/s1. The van der Waals surface area contributed by atoms with Gasteiger partial charge in [-0.1, -0.05) is 29.5 Å². The SMILES string of the molecule is Cc1ccc(C#Cc2ccc(N3CCN(C(=O)N[C@H](C(=O)CO)[C@@H](C)O)CC3)cc2)cc1. The van der Waals surface area contributed by atoms with Crippen LogP contribution >= 0.6 is 0 Å². The molecule has 1 heterocycles. The largest absolute Gasteiger partial charge is 0.391 e. The number of ketones is 1. The first-order valence-electron chi connectivity index (χ1n) is 10.7. The zero-order valence-electron chi connectivity index (χ0n) is 18.4.